The van der Waals surface area contributed by atoms with E-state index in [9.17, 15) is 9.59 Å². The van der Waals surface area contributed by atoms with Gasteiger partial charge in [-0.2, -0.15) is 0 Å². The van der Waals surface area contributed by atoms with Gasteiger partial charge in [-0.15, -0.1) is 11.3 Å². The molecule has 0 N–H and O–H groups in total. The van der Waals surface area contributed by atoms with E-state index in [1.54, 1.807) is 23.3 Å². The van der Waals surface area contributed by atoms with Crippen molar-refractivity contribution in [1.82, 2.24) is 14.7 Å². The highest BCUT2D eigenvalue weighted by Gasteiger charge is 2.47. The minimum absolute atomic E-state index is 0.0977. The maximum Gasteiger partial charge on any atom is 0.410 e. The second-order valence-electron chi connectivity index (χ2n) is 7.68. The maximum atomic E-state index is 12.7. The zero-order valence-corrected chi connectivity index (χ0v) is 17.9. The Morgan fingerprint density at radius 2 is 2.07 bits per heavy atom. The molecule has 3 rings (SSSR count). The number of nitrogens with zero attached hydrogens (tertiary/aromatic N) is 3. The molecule has 2 saturated heterocycles. The molecule has 0 atom stereocenters. The maximum absolute atomic E-state index is 12.7. The van der Waals surface area contributed by atoms with Crippen LogP contribution in [0.15, 0.2) is 12.1 Å². The molecule has 156 valence electrons. The van der Waals surface area contributed by atoms with Crippen LogP contribution in [-0.2, 0) is 15.9 Å². The molecular weight excluding hydrogens is 378 g/mol. The van der Waals surface area contributed by atoms with Crippen LogP contribution in [0.25, 0.3) is 0 Å². The van der Waals surface area contributed by atoms with Gasteiger partial charge in [-0.3, -0.25) is 4.79 Å². The summed E-state index contributed by atoms with van der Waals surface area (Å²) in [5, 5.41) is 0. The lowest BCUT2D eigenvalue weighted by Gasteiger charge is -2.37. The Labute approximate surface area is 171 Å². The largest absolute Gasteiger partial charge is 0.441 e. The third-order valence-electron chi connectivity index (χ3n) is 5.65. The lowest BCUT2D eigenvalue weighted by atomic mass is 9.91. The van der Waals surface area contributed by atoms with E-state index in [1.807, 2.05) is 24.1 Å². The fourth-order valence-electron chi connectivity index (χ4n) is 3.73. The lowest BCUT2D eigenvalue weighted by Crippen LogP contribution is -2.48. The first kappa shape index (κ1) is 21.1. The third-order valence-corrected chi connectivity index (χ3v) is 6.87. The summed E-state index contributed by atoms with van der Waals surface area (Å²) in [5.41, 5.74) is -0.441. The molecule has 0 unspecified atom stereocenters. The van der Waals surface area contributed by atoms with Gasteiger partial charge in [0.2, 0.25) is 0 Å². The first-order chi connectivity index (χ1) is 13.5. The second kappa shape index (κ2) is 9.24. The molecule has 0 bridgehead atoms. The Hall–Kier alpha value is -1.64. The van der Waals surface area contributed by atoms with Gasteiger partial charge in [0.05, 0.1) is 18.0 Å². The molecular formula is C20H31N3O4S. The van der Waals surface area contributed by atoms with Crippen LogP contribution in [0.1, 0.15) is 34.3 Å². The van der Waals surface area contributed by atoms with Crippen LogP contribution in [0.3, 0.4) is 0 Å². The van der Waals surface area contributed by atoms with Gasteiger partial charge < -0.3 is 24.2 Å². The monoisotopic (exact) mass is 409 g/mol. The summed E-state index contributed by atoms with van der Waals surface area (Å²) in [7, 11) is 3.71. The van der Waals surface area contributed by atoms with E-state index in [1.165, 1.54) is 4.88 Å². The number of ether oxygens (including phenoxy) is 2. The van der Waals surface area contributed by atoms with E-state index in [4.69, 9.17) is 9.47 Å². The molecule has 0 aromatic carbocycles. The molecule has 28 heavy (non-hydrogen) atoms. The van der Waals surface area contributed by atoms with Gasteiger partial charge >= 0.3 is 6.09 Å². The van der Waals surface area contributed by atoms with Crippen molar-refractivity contribution in [3.63, 3.8) is 0 Å². The molecule has 2 amide bonds. The SMILES string of the molecule is CCc1ccc(C(=O)N2CCC3(CC2)CN(CCN(C)CCOC)C(=O)O3)s1. The quantitative estimate of drug-likeness (QED) is 0.659. The standard InChI is InChI=1S/C20H31N3O4S/c1-4-16-5-6-17(28-16)18(24)22-9-7-20(8-10-22)15-23(19(25)27-20)12-11-21(2)13-14-26-3/h5-6H,4,7-15H2,1-3H3. The van der Waals surface area contributed by atoms with Crippen LogP contribution in [0.5, 0.6) is 0 Å². The first-order valence-corrected chi connectivity index (χ1v) is 10.8. The molecule has 3 heterocycles. The number of likely N-dealkylation sites (tertiary alicyclic amines) is 1. The molecule has 8 heteroatoms. The summed E-state index contributed by atoms with van der Waals surface area (Å²) < 4.78 is 10.9. The van der Waals surface area contributed by atoms with E-state index in [2.05, 4.69) is 11.8 Å². The summed E-state index contributed by atoms with van der Waals surface area (Å²) in [6.45, 7) is 6.93. The molecule has 2 aliphatic heterocycles. The number of rotatable bonds is 8. The van der Waals surface area contributed by atoms with Gasteiger partial charge in [-0.05, 0) is 25.6 Å². The van der Waals surface area contributed by atoms with Crippen molar-refractivity contribution >= 4 is 23.3 Å². The zero-order chi connectivity index (χ0) is 20.1. The molecule has 0 saturated carbocycles. The minimum Gasteiger partial charge on any atom is -0.441 e. The number of carbonyl (C=O) groups excluding carboxylic acids is 2. The van der Waals surface area contributed by atoms with Gasteiger partial charge in [0.15, 0.2) is 0 Å². The highest BCUT2D eigenvalue weighted by atomic mass is 32.1. The topological polar surface area (TPSA) is 62.3 Å². The van der Waals surface area contributed by atoms with Crippen molar-refractivity contribution in [3.05, 3.63) is 21.9 Å². The number of thiophene rings is 1. The summed E-state index contributed by atoms with van der Waals surface area (Å²) in [6, 6.07) is 3.96. The molecule has 2 fully saturated rings. The number of amides is 2. The average Bonchev–Trinajstić information content (AvgIpc) is 3.29. The van der Waals surface area contributed by atoms with Gasteiger partial charge in [-0.25, -0.2) is 4.79 Å². The van der Waals surface area contributed by atoms with Crippen LogP contribution in [0, 0.1) is 0 Å². The van der Waals surface area contributed by atoms with Crippen molar-refractivity contribution in [2.45, 2.75) is 31.8 Å². The van der Waals surface area contributed by atoms with E-state index >= 15 is 0 Å². The number of likely N-dealkylation sites (N-methyl/N-ethyl adjacent to an activating group) is 1. The normalized spacial score (nSPS) is 18.9. The Morgan fingerprint density at radius 1 is 1.32 bits per heavy atom. The Bertz CT molecular complexity index is 685. The van der Waals surface area contributed by atoms with Gasteiger partial charge in [0.1, 0.15) is 5.60 Å². The molecule has 1 aromatic rings. The number of piperidine rings is 1. The number of carbonyl (C=O) groups is 2. The van der Waals surface area contributed by atoms with Crippen molar-refractivity contribution in [2.24, 2.45) is 0 Å². The first-order valence-electron chi connectivity index (χ1n) is 10.00. The smallest absolute Gasteiger partial charge is 0.410 e. The summed E-state index contributed by atoms with van der Waals surface area (Å²) >= 11 is 1.58. The van der Waals surface area contributed by atoms with E-state index in [-0.39, 0.29) is 12.0 Å². The third kappa shape index (κ3) is 4.85. The Kier molecular flexibility index (Phi) is 6.95. The summed E-state index contributed by atoms with van der Waals surface area (Å²) in [4.78, 5) is 32.9. The zero-order valence-electron chi connectivity index (χ0n) is 17.1. The second-order valence-corrected chi connectivity index (χ2v) is 8.85. The van der Waals surface area contributed by atoms with E-state index < -0.39 is 5.60 Å². The van der Waals surface area contributed by atoms with E-state index in [0.29, 0.717) is 45.6 Å². The number of methoxy groups -OCH3 is 1. The molecule has 0 aliphatic carbocycles. The highest BCUT2D eigenvalue weighted by Crippen LogP contribution is 2.34. The van der Waals surface area contributed by atoms with Crippen molar-refractivity contribution in [1.29, 1.82) is 0 Å². The molecule has 2 aliphatic rings. The average molecular weight is 410 g/mol. The number of aryl methyl sites for hydroxylation is 1. The van der Waals surface area contributed by atoms with Gasteiger partial charge in [0.25, 0.3) is 5.91 Å². The van der Waals surface area contributed by atoms with Gasteiger partial charge in [0, 0.05) is 57.6 Å². The number of hydrogen-bond acceptors (Lipinski definition) is 6. The van der Waals surface area contributed by atoms with Crippen LogP contribution in [-0.4, -0.2) is 92.3 Å². The summed E-state index contributed by atoms with van der Waals surface area (Å²) in [5.74, 6) is 0.0977. The van der Waals surface area contributed by atoms with Crippen LogP contribution < -0.4 is 0 Å². The molecule has 0 radical (unpaired) electrons. The predicted molar refractivity (Wildman–Crippen MR) is 109 cm³/mol. The minimum atomic E-state index is -0.441. The van der Waals surface area contributed by atoms with Crippen molar-refractivity contribution in [2.75, 3.05) is 60.0 Å². The Morgan fingerprint density at radius 3 is 2.71 bits per heavy atom. The summed E-state index contributed by atoms with van der Waals surface area (Å²) in [6.07, 6.45) is 2.12. The molecule has 1 spiro atoms. The van der Waals surface area contributed by atoms with Crippen molar-refractivity contribution < 1.29 is 19.1 Å². The lowest BCUT2D eigenvalue weighted by molar-refractivity contribution is 0.00327. The molecule has 1 aromatic heterocycles. The highest BCUT2D eigenvalue weighted by molar-refractivity contribution is 7.14. The van der Waals surface area contributed by atoms with Crippen LogP contribution in [0.2, 0.25) is 0 Å². The van der Waals surface area contributed by atoms with Crippen LogP contribution in [0.4, 0.5) is 4.79 Å². The van der Waals surface area contributed by atoms with Crippen LogP contribution >= 0.6 is 11.3 Å². The van der Waals surface area contributed by atoms with E-state index in [0.717, 1.165) is 24.4 Å². The van der Waals surface area contributed by atoms with Gasteiger partial charge in [-0.1, -0.05) is 6.92 Å². The Balaban J connectivity index is 1.49. The number of hydrogen-bond donors (Lipinski definition) is 0. The predicted octanol–water partition coefficient (Wildman–Crippen LogP) is 2.32. The molecule has 7 nitrogen and oxygen atoms in total. The fraction of sp³-hybridized carbons (Fsp3) is 0.700. The van der Waals surface area contributed by atoms with Crippen molar-refractivity contribution in [3.8, 4) is 0 Å². The fourth-order valence-corrected chi connectivity index (χ4v) is 4.65.